The molecule has 0 fully saturated rings. The van der Waals surface area contributed by atoms with Crippen molar-refractivity contribution < 1.29 is 13.2 Å². The van der Waals surface area contributed by atoms with E-state index in [1.165, 1.54) is 11.3 Å². The molecule has 0 aromatic carbocycles. The summed E-state index contributed by atoms with van der Waals surface area (Å²) in [6, 6.07) is 1.68. The summed E-state index contributed by atoms with van der Waals surface area (Å²) in [7, 11) is 2.25. The number of nitrogens with zero attached hydrogens (tertiary/aromatic N) is 1. The average Bonchev–Trinajstić information content (AvgIpc) is 2.75. The zero-order valence-corrected chi connectivity index (χ0v) is 15.7. The van der Waals surface area contributed by atoms with Gasteiger partial charge in [0.05, 0.1) is 17.0 Å². The van der Waals surface area contributed by atoms with Crippen LogP contribution in [0.1, 0.15) is 4.88 Å². The Morgan fingerprint density at radius 1 is 1.38 bits per heavy atom. The van der Waals surface area contributed by atoms with Gasteiger partial charge in [0.2, 0.25) is 10.0 Å². The highest BCUT2D eigenvalue weighted by Crippen LogP contribution is 2.31. The highest BCUT2D eigenvalue weighted by atomic mass is 79.9. The van der Waals surface area contributed by atoms with Gasteiger partial charge in [0.25, 0.3) is 0 Å². The van der Waals surface area contributed by atoms with Crippen LogP contribution in [0.5, 0.6) is 0 Å². The lowest BCUT2D eigenvalue weighted by Gasteiger charge is -2.10. The van der Waals surface area contributed by atoms with Crippen molar-refractivity contribution in [1.82, 2.24) is 14.9 Å². The standard InChI is InChI=1S/C12H22BrN3O3S2/c1-14-9-10-8-11(12(13)20-10)21(17,18)15-4-6-19-7-5-16(2)3/h8,14-15H,4-7,9H2,1-3H3. The molecule has 0 bridgehead atoms. The predicted octanol–water partition coefficient (Wildman–Crippen LogP) is 1.09. The summed E-state index contributed by atoms with van der Waals surface area (Å²) >= 11 is 4.72. The molecule has 122 valence electrons. The molecular weight excluding hydrogens is 378 g/mol. The molecule has 6 nitrogen and oxygen atoms in total. The van der Waals surface area contributed by atoms with E-state index in [9.17, 15) is 8.42 Å². The highest BCUT2D eigenvalue weighted by Gasteiger charge is 2.20. The van der Waals surface area contributed by atoms with Crippen LogP contribution in [-0.4, -0.2) is 60.8 Å². The Hall–Kier alpha value is -0.0300. The van der Waals surface area contributed by atoms with Crippen LogP contribution in [0.2, 0.25) is 0 Å². The number of rotatable bonds is 10. The lowest BCUT2D eigenvalue weighted by atomic mass is 10.5. The molecule has 0 saturated heterocycles. The summed E-state index contributed by atoms with van der Waals surface area (Å²) in [5, 5.41) is 3.00. The molecule has 0 aliphatic carbocycles. The fraction of sp³-hybridized carbons (Fsp3) is 0.667. The second kappa shape index (κ2) is 9.19. The largest absolute Gasteiger partial charge is 0.379 e. The molecule has 9 heteroatoms. The summed E-state index contributed by atoms with van der Waals surface area (Å²) in [6.45, 7) is 2.67. The highest BCUT2D eigenvalue weighted by molar-refractivity contribution is 9.11. The van der Waals surface area contributed by atoms with Gasteiger partial charge >= 0.3 is 0 Å². The van der Waals surface area contributed by atoms with Crippen molar-refractivity contribution in [2.45, 2.75) is 11.4 Å². The van der Waals surface area contributed by atoms with E-state index in [1.807, 2.05) is 26.0 Å². The van der Waals surface area contributed by atoms with Crippen LogP contribution in [0.3, 0.4) is 0 Å². The molecule has 0 unspecified atom stereocenters. The minimum Gasteiger partial charge on any atom is -0.379 e. The summed E-state index contributed by atoms with van der Waals surface area (Å²) in [6.07, 6.45) is 0. The minimum atomic E-state index is -3.50. The third-order valence-corrected chi connectivity index (χ3v) is 6.28. The average molecular weight is 400 g/mol. The van der Waals surface area contributed by atoms with Crippen molar-refractivity contribution in [3.63, 3.8) is 0 Å². The number of ether oxygens (including phenoxy) is 1. The smallest absolute Gasteiger partial charge is 0.242 e. The Balaban J connectivity index is 2.46. The van der Waals surface area contributed by atoms with Gasteiger partial charge in [-0.2, -0.15) is 0 Å². The maximum atomic E-state index is 12.2. The van der Waals surface area contributed by atoms with Gasteiger partial charge < -0.3 is 15.0 Å². The van der Waals surface area contributed by atoms with E-state index < -0.39 is 10.0 Å². The quantitative estimate of drug-likeness (QED) is 0.576. The van der Waals surface area contributed by atoms with Crippen molar-refractivity contribution >= 4 is 37.3 Å². The maximum Gasteiger partial charge on any atom is 0.242 e. The summed E-state index contributed by atoms with van der Waals surface area (Å²) in [5.74, 6) is 0. The Bertz CT molecular complexity index is 532. The van der Waals surface area contributed by atoms with Crippen LogP contribution >= 0.6 is 27.3 Å². The van der Waals surface area contributed by atoms with Crippen LogP contribution in [0.15, 0.2) is 14.7 Å². The molecule has 1 aromatic rings. The van der Waals surface area contributed by atoms with Crippen molar-refractivity contribution in [2.75, 3.05) is 47.4 Å². The molecule has 0 spiro atoms. The normalized spacial score (nSPS) is 12.2. The second-order valence-corrected chi connectivity index (χ2v) is 8.88. The molecule has 21 heavy (non-hydrogen) atoms. The number of sulfonamides is 1. The lowest BCUT2D eigenvalue weighted by Crippen LogP contribution is -2.28. The number of halogens is 1. The monoisotopic (exact) mass is 399 g/mol. The van der Waals surface area contributed by atoms with E-state index in [1.54, 1.807) is 6.07 Å². The third kappa shape index (κ3) is 6.72. The number of nitrogens with one attached hydrogen (secondary N) is 2. The van der Waals surface area contributed by atoms with Gasteiger partial charge in [-0.25, -0.2) is 13.1 Å². The molecule has 0 radical (unpaired) electrons. The van der Waals surface area contributed by atoms with E-state index in [4.69, 9.17) is 4.74 Å². The molecule has 2 N–H and O–H groups in total. The van der Waals surface area contributed by atoms with Crippen LogP contribution in [0, 0.1) is 0 Å². The van der Waals surface area contributed by atoms with Crippen molar-refractivity contribution in [3.8, 4) is 0 Å². The van der Waals surface area contributed by atoms with Gasteiger partial charge in [-0.3, -0.25) is 0 Å². The Morgan fingerprint density at radius 2 is 2.10 bits per heavy atom. The van der Waals surface area contributed by atoms with Gasteiger partial charge in [-0.15, -0.1) is 11.3 Å². The fourth-order valence-corrected chi connectivity index (χ4v) is 5.22. The van der Waals surface area contributed by atoms with E-state index in [-0.39, 0.29) is 11.4 Å². The second-order valence-electron chi connectivity index (χ2n) is 4.69. The first-order chi connectivity index (χ1) is 9.86. The number of thiophene rings is 1. The van der Waals surface area contributed by atoms with Crippen LogP contribution in [0.4, 0.5) is 0 Å². The number of hydrogen-bond acceptors (Lipinski definition) is 6. The number of likely N-dealkylation sites (N-methyl/N-ethyl adjacent to an activating group) is 1. The van der Waals surface area contributed by atoms with Crippen molar-refractivity contribution in [1.29, 1.82) is 0 Å². The van der Waals surface area contributed by atoms with Crippen molar-refractivity contribution in [3.05, 3.63) is 14.7 Å². The minimum absolute atomic E-state index is 0.263. The molecule has 1 rings (SSSR count). The van der Waals surface area contributed by atoms with Gasteiger partial charge in [0.15, 0.2) is 0 Å². The summed E-state index contributed by atoms with van der Waals surface area (Å²) in [4.78, 5) is 3.26. The maximum absolute atomic E-state index is 12.2. The van der Waals surface area contributed by atoms with Gasteiger partial charge in [0.1, 0.15) is 4.90 Å². The predicted molar refractivity (Wildman–Crippen MR) is 89.3 cm³/mol. The fourth-order valence-electron chi connectivity index (χ4n) is 1.52. The topological polar surface area (TPSA) is 70.7 Å². The van der Waals surface area contributed by atoms with Crippen LogP contribution in [0.25, 0.3) is 0 Å². The van der Waals surface area contributed by atoms with Gasteiger partial charge in [-0.05, 0) is 43.1 Å². The first-order valence-electron chi connectivity index (χ1n) is 6.51. The SMILES string of the molecule is CNCc1cc(S(=O)(=O)NCCOCCN(C)C)c(Br)s1. The van der Waals surface area contributed by atoms with Crippen LogP contribution < -0.4 is 10.0 Å². The zero-order valence-electron chi connectivity index (χ0n) is 12.5. The van der Waals surface area contributed by atoms with Crippen LogP contribution in [-0.2, 0) is 21.3 Å². The van der Waals surface area contributed by atoms with E-state index in [0.29, 0.717) is 23.5 Å². The Morgan fingerprint density at radius 3 is 2.71 bits per heavy atom. The van der Waals surface area contributed by atoms with Gasteiger partial charge in [-0.1, -0.05) is 0 Å². The third-order valence-electron chi connectivity index (χ3n) is 2.57. The van der Waals surface area contributed by atoms with E-state index in [2.05, 4.69) is 26.0 Å². The zero-order chi connectivity index (χ0) is 15.9. The first kappa shape index (κ1) is 19.0. The molecule has 0 saturated carbocycles. The van der Waals surface area contributed by atoms with E-state index >= 15 is 0 Å². The Labute approximate surface area is 139 Å². The lowest BCUT2D eigenvalue weighted by molar-refractivity contribution is 0.122. The molecule has 1 heterocycles. The van der Waals surface area contributed by atoms with Crippen molar-refractivity contribution in [2.24, 2.45) is 0 Å². The number of hydrogen-bond donors (Lipinski definition) is 2. The molecule has 0 atom stereocenters. The van der Waals surface area contributed by atoms with E-state index in [0.717, 1.165) is 11.4 Å². The molecule has 0 aliphatic rings. The molecular formula is C12H22BrN3O3S2. The molecule has 1 aromatic heterocycles. The summed E-state index contributed by atoms with van der Waals surface area (Å²) in [5.41, 5.74) is 0. The molecule has 0 aliphatic heterocycles. The summed E-state index contributed by atoms with van der Waals surface area (Å²) < 4.78 is 32.9. The van der Waals surface area contributed by atoms with Gasteiger partial charge in [0, 0.05) is 24.5 Å². The Kier molecular flexibility index (Phi) is 8.32. The first-order valence-corrected chi connectivity index (χ1v) is 9.61. The molecule has 0 amide bonds.